The number of hydrogen-bond acceptors (Lipinski definition) is 3. The predicted octanol–water partition coefficient (Wildman–Crippen LogP) is 2.50. The van der Waals surface area contributed by atoms with E-state index in [4.69, 9.17) is 18.0 Å². The topological polar surface area (TPSA) is 46.3 Å². The maximum atomic E-state index is 12.2. The highest BCUT2D eigenvalue weighted by Gasteiger charge is 2.16. The fraction of sp³-hybridized carbons (Fsp3) is 0.500. The minimum Gasteiger partial charge on any atom is -0.393 e. The van der Waals surface area contributed by atoms with Crippen molar-refractivity contribution in [3.05, 3.63) is 21.4 Å². The third kappa shape index (κ3) is 3.78. The molecule has 2 N–H and O–H groups in total. The number of carbonyl (C=O) groups is 1. The van der Waals surface area contributed by atoms with Crippen LogP contribution >= 0.6 is 23.6 Å². The van der Waals surface area contributed by atoms with Crippen LogP contribution in [0.5, 0.6) is 0 Å². The number of nitrogens with two attached hydrogens (primary N) is 1. The van der Waals surface area contributed by atoms with E-state index in [0.717, 1.165) is 4.88 Å². The molecule has 17 heavy (non-hydrogen) atoms. The Morgan fingerprint density at radius 3 is 2.59 bits per heavy atom. The van der Waals surface area contributed by atoms with Crippen LogP contribution in [0.4, 0.5) is 0 Å². The van der Waals surface area contributed by atoms with Crippen LogP contribution in [0.1, 0.15) is 33.5 Å². The van der Waals surface area contributed by atoms with Gasteiger partial charge in [-0.05, 0) is 32.4 Å². The highest BCUT2D eigenvalue weighted by atomic mass is 32.1. The molecule has 0 aliphatic carbocycles. The molecule has 1 amide bonds. The van der Waals surface area contributed by atoms with Gasteiger partial charge in [0.2, 0.25) is 0 Å². The molecule has 0 aliphatic heterocycles. The first kappa shape index (κ1) is 14.1. The first-order chi connectivity index (χ1) is 7.95. The lowest BCUT2D eigenvalue weighted by Crippen LogP contribution is -2.33. The van der Waals surface area contributed by atoms with E-state index in [1.807, 2.05) is 26.8 Å². The Hall–Kier alpha value is -0.940. The van der Waals surface area contributed by atoms with Crippen LogP contribution in [0.25, 0.3) is 0 Å². The van der Waals surface area contributed by atoms with Gasteiger partial charge in [-0.3, -0.25) is 4.79 Å². The zero-order chi connectivity index (χ0) is 13.0. The third-order valence-electron chi connectivity index (χ3n) is 2.67. The highest BCUT2D eigenvalue weighted by Crippen LogP contribution is 2.22. The van der Waals surface area contributed by atoms with E-state index in [2.05, 4.69) is 0 Å². The van der Waals surface area contributed by atoms with Crippen LogP contribution < -0.4 is 5.73 Å². The van der Waals surface area contributed by atoms with Crippen molar-refractivity contribution >= 4 is 34.5 Å². The van der Waals surface area contributed by atoms with E-state index < -0.39 is 0 Å². The van der Waals surface area contributed by atoms with Crippen molar-refractivity contribution in [2.45, 2.75) is 27.2 Å². The molecule has 0 unspecified atom stereocenters. The standard InChI is InChI=1S/C12H18N2OS2/c1-4-14(6-5-11(13)16)12(15)10-7-8(2)9(3)17-10/h7H,4-6H2,1-3H3,(H2,13,16). The Kier molecular flexibility index (Phi) is 5.08. The van der Waals surface area contributed by atoms with Crippen molar-refractivity contribution in [1.29, 1.82) is 0 Å². The van der Waals surface area contributed by atoms with E-state index in [1.165, 1.54) is 10.4 Å². The summed E-state index contributed by atoms with van der Waals surface area (Å²) in [4.78, 5) is 16.4. The van der Waals surface area contributed by atoms with Crippen LogP contribution in [0.3, 0.4) is 0 Å². The van der Waals surface area contributed by atoms with Crippen LogP contribution in [0.2, 0.25) is 0 Å². The number of aryl methyl sites for hydroxylation is 2. The zero-order valence-corrected chi connectivity index (χ0v) is 12.1. The highest BCUT2D eigenvalue weighted by molar-refractivity contribution is 7.80. The molecule has 0 saturated heterocycles. The zero-order valence-electron chi connectivity index (χ0n) is 10.4. The SMILES string of the molecule is CCN(CCC(N)=S)C(=O)c1cc(C)c(C)s1. The minimum absolute atomic E-state index is 0.0740. The third-order valence-corrected chi connectivity index (χ3v) is 4.02. The molecule has 0 atom stereocenters. The van der Waals surface area contributed by atoms with Crippen LogP contribution in [-0.2, 0) is 0 Å². The van der Waals surface area contributed by atoms with E-state index in [9.17, 15) is 4.79 Å². The summed E-state index contributed by atoms with van der Waals surface area (Å²) in [6.07, 6.45) is 0.582. The van der Waals surface area contributed by atoms with E-state index in [0.29, 0.717) is 24.5 Å². The second kappa shape index (κ2) is 6.12. The van der Waals surface area contributed by atoms with Gasteiger partial charge >= 0.3 is 0 Å². The second-order valence-electron chi connectivity index (χ2n) is 3.95. The van der Waals surface area contributed by atoms with Crippen molar-refractivity contribution in [2.75, 3.05) is 13.1 Å². The summed E-state index contributed by atoms with van der Waals surface area (Å²) in [5, 5.41) is 0. The number of amides is 1. The number of thiophene rings is 1. The lowest BCUT2D eigenvalue weighted by molar-refractivity contribution is 0.0773. The summed E-state index contributed by atoms with van der Waals surface area (Å²) < 4.78 is 0. The number of thiocarbonyl (C=S) groups is 1. The molecule has 3 nitrogen and oxygen atoms in total. The lowest BCUT2D eigenvalue weighted by Gasteiger charge is -2.19. The summed E-state index contributed by atoms with van der Waals surface area (Å²) >= 11 is 6.38. The maximum Gasteiger partial charge on any atom is 0.263 e. The maximum absolute atomic E-state index is 12.2. The van der Waals surface area contributed by atoms with Gasteiger partial charge in [-0.2, -0.15) is 0 Å². The van der Waals surface area contributed by atoms with Crippen molar-refractivity contribution in [3.63, 3.8) is 0 Å². The Bertz CT molecular complexity index is 407. The van der Waals surface area contributed by atoms with Gasteiger partial charge in [0, 0.05) is 24.4 Å². The van der Waals surface area contributed by atoms with Gasteiger partial charge in [-0.15, -0.1) is 11.3 Å². The van der Waals surface area contributed by atoms with Crippen molar-refractivity contribution in [1.82, 2.24) is 4.90 Å². The first-order valence-electron chi connectivity index (χ1n) is 5.60. The van der Waals surface area contributed by atoms with E-state index >= 15 is 0 Å². The van der Waals surface area contributed by atoms with Gasteiger partial charge in [-0.25, -0.2) is 0 Å². The molecule has 1 heterocycles. The predicted molar refractivity (Wildman–Crippen MR) is 76.8 cm³/mol. The second-order valence-corrected chi connectivity index (χ2v) is 5.73. The molecule has 0 radical (unpaired) electrons. The smallest absolute Gasteiger partial charge is 0.263 e. The summed E-state index contributed by atoms with van der Waals surface area (Å²) in [6.45, 7) is 7.29. The van der Waals surface area contributed by atoms with Crippen molar-refractivity contribution < 1.29 is 4.79 Å². The van der Waals surface area contributed by atoms with Crippen molar-refractivity contribution in [3.8, 4) is 0 Å². The summed E-state index contributed by atoms with van der Waals surface area (Å²) in [5.41, 5.74) is 6.63. The van der Waals surface area contributed by atoms with Crippen LogP contribution in [0, 0.1) is 13.8 Å². The average molecular weight is 270 g/mol. The van der Waals surface area contributed by atoms with Gasteiger partial charge < -0.3 is 10.6 Å². The molecule has 0 aromatic carbocycles. The van der Waals surface area contributed by atoms with Crippen molar-refractivity contribution in [2.24, 2.45) is 5.73 Å². The summed E-state index contributed by atoms with van der Waals surface area (Å²) in [7, 11) is 0. The van der Waals surface area contributed by atoms with Gasteiger partial charge in [0.25, 0.3) is 5.91 Å². The van der Waals surface area contributed by atoms with Gasteiger partial charge in [-0.1, -0.05) is 12.2 Å². The Morgan fingerprint density at radius 2 is 2.18 bits per heavy atom. The average Bonchev–Trinajstić information content (AvgIpc) is 2.59. The molecular formula is C12H18N2OS2. The van der Waals surface area contributed by atoms with Gasteiger partial charge in [0.15, 0.2) is 0 Å². The normalized spacial score (nSPS) is 10.3. The fourth-order valence-electron chi connectivity index (χ4n) is 1.48. The molecule has 94 valence electrons. The number of nitrogens with zero attached hydrogens (tertiary/aromatic N) is 1. The Balaban J connectivity index is 2.75. The molecule has 1 aromatic heterocycles. The van der Waals surface area contributed by atoms with E-state index in [-0.39, 0.29) is 5.91 Å². The number of rotatable bonds is 5. The molecule has 0 bridgehead atoms. The van der Waals surface area contributed by atoms with Crippen LogP contribution in [-0.4, -0.2) is 28.9 Å². The minimum atomic E-state index is 0.0740. The molecule has 0 saturated carbocycles. The molecular weight excluding hydrogens is 252 g/mol. The molecule has 1 aromatic rings. The largest absolute Gasteiger partial charge is 0.393 e. The fourth-order valence-corrected chi connectivity index (χ4v) is 2.58. The number of hydrogen-bond donors (Lipinski definition) is 1. The Morgan fingerprint density at radius 1 is 1.53 bits per heavy atom. The summed E-state index contributed by atoms with van der Waals surface area (Å²) in [5.74, 6) is 0.0740. The molecule has 5 heteroatoms. The lowest BCUT2D eigenvalue weighted by atomic mass is 10.2. The monoisotopic (exact) mass is 270 g/mol. The van der Waals surface area contributed by atoms with Crippen LogP contribution in [0.15, 0.2) is 6.07 Å². The summed E-state index contributed by atoms with van der Waals surface area (Å²) in [6, 6.07) is 1.95. The van der Waals surface area contributed by atoms with E-state index in [1.54, 1.807) is 16.2 Å². The number of carbonyl (C=O) groups excluding carboxylic acids is 1. The van der Waals surface area contributed by atoms with Gasteiger partial charge in [0.05, 0.1) is 9.87 Å². The molecule has 0 spiro atoms. The first-order valence-corrected chi connectivity index (χ1v) is 6.82. The molecule has 1 rings (SSSR count). The Labute approximate surface area is 112 Å². The molecule has 0 aliphatic rings. The quantitative estimate of drug-likeness (QED) is 0.836. The molecule has 0 fully saturated rings. The van der Waals surface area contributed by atoms with Gasteiger partial charge in [0.1, 0.15) is 0 Å².